The predicted octanol–water partition coefficient (Wildman–Crippen LogP) is 2.33. The lowest BCUT2D eigenvalue weighted by Crippen LogP contribution is -2.24. The van der Waals surface area contributed by atoms with E-state index < -0.39 is 0 Å². The first-order chi connectivity index (χ1) is 10.0. The molecule has 21 heavy (non-hydrogen) atoms. The highest BCUT2D eigenvalue weighted by Crippen LogP contribution is 2.07. The van der Waals surface area contributed by atoms with Gasteiger partial charge in [0.2, 0.25) is 11.8 Å². The molecule has 1 N–H and O–H groups in total. The monoisotopic (exact) mass is 289 g/mol. The van der Waals surface area contributed by atoms with Gasteiger partial charge in [0.25, 0.3) is 0 Å². The Balaban J connectivity index is 2.20. The summed E-state index contributed by atoms with van der Waals surface area (Å²) in [5.74, 6) is 0.0244. The van der Waals surface area contributed by atoms with Gasteiger partial charge in [-0.3, -0.25) is 9.59 Å². The molecular weight excluding hydrogens is 264 g/mol. The number of carbonyl (C=O) groups is 2. The molecule has 0 atom stereocenters. The number of nitrogens with zero attached hydrogens (tertiary/aromatic N) is 1. The maximum atomic E-state index is 11.6. The molecule has 2 amide bonds. The average molecular weight is 289 g/mol. The molecule has 0 heterocycles. The first kappa shape index (κ1) is 17.2. The Labute approximate surface area is 127 Å². The molecule has 0 bridgehead atoms. The molecule has 0 saturated carbocycles. The average Bonchev–Trinajstić information content (AvgIpc) is 2.47. The fourth-order valence-corrected chi connectivity index (χ4v) is 1.96. The van der Waals surface area contributed by atoms with Gasteiger partial charge in [-0.05, 0) is 30.4 Å². The minimum Gasteiger partial charge on any atom is -0.351 e. The summed E-state index contributed by atoms with van der Waals surface area (Å²) in [6.45, 7) is 3.91. The van der Waals surface area contributed by atoms with Gasteiger partial charge in [0.05, 0.1) is 6.54 Å². The molecule has 0 saturated heterocycles. The highest BCUT2D eigenvalue weighted by Gasteiger charge is 2.06. The summed E-state index contributed by atoms with van der Waals surface area (Å²) < 4.78 is 0. The van der Waals surface area contributed by atoms with Crippen LogP contribution in [-0.2, 0) is 22.4 Å². The lowest BCUT2D eigenvalue weighted by molar-refractivity contribution is -0.128. The fraction of sp³-hybridized carbons (Fsp3) is 0.471. The van der Waals surface area contributed by atoms with E-state index in [0.717, 1.165) is 12.8 Å². The van der Waals surface area contributed by atoms with Crippen molar-refractivity contribution in [3.8, 4) is 0 Å². The third-order valence-corrected chi connectivity index (χ3v) is 3.29. The molecule has 1 aromatic rings. The molecule has 0 aromatic heterocycles. The molecule has 4 heteroatoms. The number of amides is 2. The second kappa shape index (κ2) is 9.16. The highest BCUT2D eigenvalue weighted by molar-refractivity contribution is 5.79. The summed E-state index contributed by atoms with van der Waals surface area (Å²) in [4.78, 5) is 24.6. The van der Waals surface area contributed by atoms with E-state index in [1.54, 1.807) is 25.5 Å². The second-order valence-electron chi connectivity index (χ2n) is 5.29. The van der Waals surface area contributed by atoms with Crippen molar-refractivity contribution >= 4 is 11.8 Å². The Kier molecular flexibility index (Phi) is 7.51. The molecule has 1 aromatic carbocycles. The Morgan fingerprint density at radius 3 is 2.57 bits per heavy atom. The smallest absolute Gasteiger partial charge is 0.222 e. The second-order valence-corrected chi connectivity index (χ2v) is 5.29. The molecule has 0 aliphatic heterocycles. The molecule has 115 valence electrons. The van der Waals surface area contributed by atoms with Gasteiger partial charge in [0.1, 0.15) is 0 Å². The summed E-state index contributed by atoms with van der Waals surface area (Å²) in [7, 11) is 3.45. The molecular formula is C17H25N2O2. The third kappa shape index (κ3) is 6.93. The van der Waals surface area contributed by atoms with Crippen molar-refractivity contribution in [3.05, 3.63) is 41.9 Å². The van der Waals surface area contributed by atoms with Gasteiger partial charge in [-0.1, -0.05) is 31.2 Å². The van der Waals surface area contributed by atoms with E-state index >= 15 is 0 Å². The van der Waals surface area contributed by atoms with Crippen molar-refractivity contribution in [2.24, 2.45) is 0 Å². The zero-order valence-corrected chi connectivity index (χ0v) is 13.2. The predicted molar refractivity (Wildman–Crippen MR) is 84.5 cm³/mol. The zero-order chi connectivity index (χ0) is 15.7. The molecule has 0 spiro atoms. The van der Waals surface area contributed by atoms with Crippen molar-refractivity contribution < 1.29 is 9.59 Å². The molecule has 0 fully saturated rings. The largest absolute Gasteiger partial charge is 0.351 e. The number of carbonyl (C=O) groups excluding carboxylic acids is 2. The van der Waals surface area contributed by atoms with Crippen LogP contribution in [0.5, 0.6) is 0 Å². The van der Waals surface area contributed by atoms with Crippen molar-refractivity contribution in [3.63, 3.8) is 0 Å². The summed E-state index contributed by atoms with van der Waals surface area (Å²) in [6.07, 6.45) is 3.11. The minimum atomic E-state index is -0.0341. The normalized spacial score (nSPS) is 10.2. The molecule has 0 aliphatic rings. The minimum absolute atomic E-state index is 0.0341. The Morgan fingerprint density at radius 1 is 1.19 bits per heavy atom. The van der Waals surface area contributed by atoms with Crippen molar-refractivity contribution in [2.75, 3.05) is 14.1 Å². The number of nitrogens with one attached hydrogen (secondary N) is 1. The summed E-state index contributed by atoms with van der Waals surface area (Å²) in [5.41, 5.74) is 2.49. The maximum Gasteiger partial charge on any atom is 0.222 e. The summed E-state index contributed by atoms with van der Waals surface area (Å²) in [6, 6.07) is 8.34. The molecule has 1 rings (SSSR count). The Hall–Kier alpha value is -1.84. The number of rotatable bonds is 8. The van der Waals surface area contributed by atoms with Crippen molar-refractivity contribution in [1.29, 1.82) is 0 Å². The van der Waals surface area contributed by atoms with E-state index in [0.29, 0.717) is 19.3 Å². The van der Waals surface area contributed by atoms with Gasteiger partial charge in [0.15, 0.2) is 0 Å². The van der Waals surface area contributed by atoms with Crippen LogP contribution < -0.4 is 5.32 Å². The number of benzene rings is 1. The molecule has 4 nitrogen and oxygen atoms in total. The molecule has 1 radical (unpaired) electrons. The van der Waals surface area contributed by atoms with Crippen LogP contribution in [0.15, 0.2) is 24.3 Å². The maximum absolute atomic E-state index is 11.6. The fourth-order valence-electron chi connectivity index (χ4n) is 1.96. The van der Waals surface area contributed by atoms with E-state index in [2.05, 4.69) is 30.4 Å². The zero-order valence-electron chi connectivity index (χ0n) is 13.2. The van der Waals surface area contributed by atoms with Crippen LogP contribution >= 0.6 is 0 Å². The topological polar surface area (TPSA) is 49.4 Å². The van der Waals surface area contributed by atoms with Gasteiger partial charge in [-0.2, -0.15) is 0 Å². The van der Waals surface area contributed by atoms with Crippen LogP contribution in [0.3, 0.4) is 0 Å². The lowest BCUT2D eigenvalue weighted by Gasteiger charge is -2.09. The van der Waals surface area contributed by atoms with Crippen molar-refractivity contribution in [1.82, 2.24) is 10.2 Å². The van der Waals surface area contributed by atoms with Gasteiger partial charge < -0.3 is 10.2 Å². The number of aryl methyl sites for hydroxylation is 1. The van der Waals surface area contributed by atoms with E-state index in [9.17, 15) is 9.59 Å². The third-order valence-electron chi connectivity index (χ3n) is 3.29. The van der Waals surface area contributed by atoms with E-state index in [1.165, 1.54) is 11.1 Å². The van der Waals surface area contributed by atoms with E-state index in [4.69, 9.17) is 0 Å². The molecule has 0 aliphatic carbocycles. The van der Waals surface area contributed by atoms with Crippen LogP contribution in [0.1, 0.15) is 37.3 Å². The van der Waals surface area contributed by atoms with Crippen LogP contribution in [0.25, 0.3) is 0 Å². The SMILES string of the molecule is CCc1cccc(C[CH]NC(=O)CCCC(=O)N(C)C)c1. The summed E-state index contributed by atoms with van der Waals surface area (Å²) in [5, 5.41) is 2.78. The quantitative estimate of drug-likeness (QED) is 0.798. The lowest BCUT2D eigenvalue weighted by atomic mass is 10.1. The standard InChI is InChI=1S/C17H25N2O2/c1-4-14-7-5-8-15(13-14)11-12-18-16(20)9-6-10-17(21)19(2)3/h5,7-8,12-13H,4,6,9-11H2,1-3H3,(H,18,20). The Bertz CT molecular complexity index is 470. The number of hydrogen-bond donors (Lipinski definition) is 1. The first-order valence-corrected chi connectivity index (χ1v) is 7.42. The van der Waals surface area contributed by atoms with Crippen LogP contribution in [-0.4, -0.2) is 30.8 Å². The number of hydrogen-bond acceptors (Lipinski definition) is 2. The van der Waals surface area contributed by atoms with Gasteiger partial charge in [0, 0.05) is 26.9 Å². The van der Waals surface area contributed by atoms with Gasteiger partial charge in [-0.15, -0.1) is 0 Å². The van der Waals surface area contributed by atoms with Crippen LogP contribution in [0.4, 0.5) is 0 Å². The Morgan fingerprint density at radius 2 is 1.90 bits per heavy atom. The van der Waals surface area contributed by atoms with Gasteiger partial charge in [-0.25, -0.2) is 0 Å². The highest BCUT2D eigenvalue weighted by atomic mass is 16.2. The first-order valence-electron chi connectivity index (χ1n) is 7.42. The van der Waals surface area contributed by atoms with Crippen LogP contribution in [0.2, 0.25) is 0 Å². The van der Waals surface area contributed by atoms with Crippen LogP contribution in [0, 0.1) is 6.54 Å². The van der Waals surface area contributed by atoms with E-state index in [1.807, 2.05) is 6.07 Å². The molecule has 0 unspecified atom stereocenters. The van der Waals surface area contributed by atoms with Gasteiger partial charge >= 0.3 is 0 Å². The van der Waals surface area contributed by atoms with E-state index in [-0.39, 0.29) is 11.8 Å². The summed E-state index contributed by atoms with van der Waals surface area (Å²) >= 11 is 0. The van der Waals surface area contributed by atoms with Crippen molar-refractivity contribution in [2.45, 2.75) is 39.0 Å².